The zero-order valence-corrected chi connectivity index (χ0v) is 21.5. The van der Waals surface area contributed by atoms with E-state index in [0.717, 1.165) is 16.7 Å². The first-order chi connectivity index (χ1) is 18.7. The van der Waals surface area contributed by atoms with E-state index >= 15 is 0 Å². The van der Waals surface area contributed by atoms with Gasteiger partial charge in [-0.2, -0.15) is 0 Å². The SMILES string of the molecule is C=C[C@H](O)[C@H]1C[C@H]2O[C@H](COCc3ccccc3)[C@@H](OCc3ccccc3)[C@H](OCc3ccccc3)[C@H]2O1. The van der Waals surface area contributed by atoms with Crippen LogP contribution in [0.1, 0.15) is 23.1 Å². The van der Waals surface area contributed by atoms with Gasteiger partial charge in [0.25, 0.3) is 0 Å². The topological polar surface area (TPSA) is 66.4 Å². The van der Waals surface area contributed by atoms with Crippen molar-refractivity contribution in [1.29, 1.82) is 0 Å². The van der Waals surface area contributed by atoms with Gasteiger partial charge in [-0.1, -0.05) is 97.1 Å². The first kappa shape index (κ1) is 26.8. The van der Waals surface area contributed by atoms with Gasteiger partial charge >= 0.3 is 0 Å². The lowest BCUT2D eigenvalue weighted by molar-refractivity contribution is -0.253. The summed E-state index contributed by atoms with van der Waals surface area (Å²) in [5.41, 5.74) is 3.22. The summed E-state index contributed by atoms with van der Waals surface area (Å²) in [7, 11) is 0. The molecular weight excluding hydrogens is 480 g/mol. The van der Waals surface area contributed by atoms with Crippen molar-refractivity contribution in [3.05, 3.63) is 120 Å². The molecule has 6 nitrogen and oxygen atoms in total. The number of hydrogen-bond acceptors (Lipinski definition) is 6. The third-order valence-electron chi connectivity index (χ3n) is 7.11. The number of rotatable bonds is 12. The van der Waals surface area contributed by atoms with Crippen molar-refractivity contribution < 1.29 is 28.8 Å². The highest BCUT2D eigenvalue weighted by Crippen LogP contribution is 2.38. The number of ether oxygens (including phenoxy) is 5. The fraction of sp³-hybridized carbons (Fsp3) is 0.375. The van der Waals surface area contributed by atoms with Crippen LogP contribution in [-0.4, -0.2) is 54.4 Å². The summed E-state index contributed by atoms with van der Waals surface area (Å²) >= 11 is 0. The van der Waals surface area contributed by atoms with E-state index in [1.165, 1.54) is 6.08 Å². The van der Waals surface area contributed by atoms with Crippen LogP contribution in [0.15, 0.2) is 104 Å². The van der Waals surface area contributed by atoms with Crippen LogP contribution in [0.4, 0.5) is 0 Å². The Morgan fingerprint density at radius 3 is 1.84 bits per heavy atom. The first-order valence-corrected chi connectivity index (χ1v) is 13.3. The molecule has 200 valence electrons. The van der Waals surface area contributed by atoms with Crippen LogP contribution in [0.25, 0.3) is 0 Å². The summed E-state index contributed by atoms with van der Waals surface area (Å²) in [5, 5.41) is 10.5. The van der Waals surface area contributed by atoms with Crippen molar-refractivity contribution in [2.45, 2.75) is 69.0 Å². The second-order valence-corrected chi connectivity index (χ2v) is 9.84. The summed E-state index contributed by atoms with van der Waals surface area (Å²) in [6.45, 7) is 5.37. The molecular formula is C32H36O6. The van der Waals surface area contributed by atoms with E-state index in [-0.39, 0.29) is 18.3 Å². The average molecular weight is 517 g/mol. The lowest BCUT2D eigenvalue weighted by Crippen LogP contribution is -2.59. The van der Waals surface area contributed by atoms with E-state index in [2.05, 4.69) is 6.58 Å². The van der Waals surface area contributed by atoms with Gasteiger partial charge in [0.1, 0.15) is 24.4 Å². The molecule has 38 heavy (non-hydrogen) atoms. The Balaban J connectivity index is 1.36. The molecule has 7 atom stereocenters. The lowest BCUT2D eigenvalue weighted by atomic mass is 9.93. The minimum atomic E-state index is -0.782. The highest BCUT2D eigenvalue weighted by Gasteiger charge is 2.53. The van der Waals surface area contributed by atoms with E-state index in [0.29, 0.717) is 32.8 Å². The molecule has 0 saturated carbocycles. The summed E-state index contributed by atoms with van der Waals surface area (Å²) < 4.78 is 32.1. The van der Waals surface area contributed by atoms with Gasteiger partial charge in [0.05, 0.1) is 44.7 Å². The Kier molecular flexibility index (Phi) is 9.36. The number of aliphatic hydroxyl groups is 1. The van der Waals surface area contributed by atoms with Crippen molar-refractivity contribution >= 4 is 0 Å². The zero-order valence-electron chi connectivity index (χ0n) is 21.5. The van der Waals surface area contributed by atoms with Crippen LogP contribution in [0.2, 0.25) is 0 Å². The molecule has 2 aliphatic heterocycles. The third-order valence-corrected chi connectivity index (χ3v) is 7.11. The molecule has 2 saturated heterocycles. The molecule has 6 heteroatoms. The van der Waals surface area contributed by atoms with Crippen molar-refractivity contribution in [2.75, 3.05) is 6.61 Å². The highest BCUT2D eigenvalue weighted by molar-refractivity contribution is 5.16. The summed E-state index contributed by atoms with van der Waals surface area (Å²) in [5.74, 6) is 0. The first-order valence-electron chi connectivity index (χ1n) is 13.3. The molecule has 3 aromatic carbocycles. The van der Waals surface area contributed by atoms with Crippen LogP contribution in [0.5, 0.6) is 0 Å². The molecule has 3 aromatic rings. The molecule has 0 unspecified atom stereocenters. The molecule has 5 rings (SSSR count). The minimum absolute atomic E-state index is 0.253. The fourth-order valence-corrected chi connectivity index (χ4v) is 5.13. The van der Waals surface area contributed by atoms with Gasteiger partial charge in [0.2, 0.25) is 0 Å². The maximum absolute atomic E-state index is 10.5. The van der Waals surface area contributed by atoms with Crippen molar-refractivity contribution in [1.82, 2.24) is 0 Å². The van der Waals surface area contributed by atoms with Crippen LogP contribution < -0.4 is 0 Å². The van der Waals surface area contributed by atoms with Crippen LogP contribution in [0.3, 0.4) is 0 Å². The number of benzene rings is 3. The average Bonchev–Trinajstić information content (AvgIpc) is 3.40. The van der Waals surface area contributed by atoms with Gasteiger partial charge in [-0.05, 0) is 16.7 Å². The van der Waals surface area contributed by atoms with E-state index in [1.807, 2.05) is 91.0 Å². The Morgan fingerprint density at radius 1 is 0.763 bits per heavy atom. The fourth-order valence-electron chi connectivity index (χ4n) is 5.13. The molecule has 2 fully saturated rings. The monoisotopic (exact) mass is 516 g/mol. The summed E-state index contributed by atoms with van der Waals surface area (Å²) in [6, 6.07) is 30.2. The Hall–Kier alpha value is -2.84. The maximum Gasteiger partial charge on any atom is 0.115 e. The number of fused-ring (bicyclic) bond motifs is 1. The molecule has 0 bridgehead atoms. The Morgan fingerprint density at radius 2 is 1.29 bits per heavy atom. The van der Waals surface area contributed by atoms with E-state index in [4.69, 9.17) is 23.7 Å². The van der Waals surface area contributed by atoms with Crippen molar-refractivity contribution in [2.24, 2.45) is 0 Å². The van der Waals surface area contributed by atoms with Gasteiger partial charge < -0.3 is 28.8 Å². The van der Waals surface area contributed by atoms with Crippen molar-refractivity contribution in [3.63, 3.8) is 0 Å². The predicted octanol–water partition coefficient (Wildman–Crippen LogP) is 4.85. The van der Waals surface area contributed by atoms with E-state index < -0.39 is 24.4 Å². The zero-order chi connectivity index (χ0) is 26.2. The molecule has 0 aliphatic carbocycles. The van der Waals surface area contributed by atoms with Gasteiger partial charge in [0, 0.05) is 6.42 Å². The number of hydrogen-bond donors (Lipinski definition) is 1. The maximum atomic E-state index is 10.5. The molecule has 0 aromatic heterocycles. The summed E-state index contributed by atoms with van der Waals surface area (Å²) in [4.78, 5) is 0. The van der Waals surface area contributed by atoms with Crippen molar-refractivity contribution in [3.8, 4) is 0 Å². The van der Waals surface area contributed by atoms with E-state index in [1.54, 1.807) is 0 Å². The molecule has 0 amide bonds. The molecule has 0 spiro atoms. The van der Waals surface area contributed by atoms with Crippen LogP contribution >= 0.6 is 0 Å². The van der Waals surface area contributed by atoms with Crippen LogP contribution in [0, 0.1) is 0 Å². The second kappa shape index (κ2) is 13.3. The number of aliphatic hydroxyl groups excluding tert-OH is 1. The predicted molar refractivity (Wildman–Crippen MR) is 144 cm³/mol. The molecule has 1 N–H and O–H groups in total. The standard InChI is InChI=1S/C32H36O6/c1-2-26(33)27-18-28-31(38-27)32(36-21-25-16-10-5-11-17-25)30(35-20-24-14-8-4-9-15-24)29(37-28)22-34-19-23-12-6-3-7-13-23/h2-17,26-33H,1,18-22H2/t26-,27+,28+,29+,30+,31-,32-/m0/s1. The lowest BCUT2D eigenvalue weighted by Gasteiger charge is -2.43. The summed E-state index contributed by atoms with van der Waals surface area (Å²) in [6.07, 6.45) is -0.996. The smallest absolute Gasteiger partial charge is 0.115 e. The quantitative estimate of drug-likeness (QED) is 0.348. The Labute approximate surface area is 224 Å². The normalized spacial score (nSPS) is 27.5. The van der Waals surface area contributed by atoms with Gasteiger partial charge in [-0.15, -0.1) is 6.58 Å². The van der Waals surface area contributed by atoms with E-state index in [9.17, 15) is 5.11 Å². The molecule has 0 radical (unpaired) electrons. The third kappa shape index (κ3) is 6.77. The minimum Gasteiger partial charge on any atom is -0.386 e. The molecule has 2 aliphatic rings. The largest absolute Gasteiger partial charge is 0.386 e. The molecule has 2 heterocycles. The highest BCUT2D eigenvalue weighted by atomic mass is 16.6. The van der Waals surface area contributed by atoms with Crippen LogP contribution in [-0.2, 0) is 43.5 Å². The second-order valence-electron chi connectivity index (χ2n) is 9.84. The Bertz CT molecular complexity index is 1110. The van der Waals surface area contributed by atoms with Gasteiger partial charge in [-0.25, -0.2) is 0 Å². The van der Waals surface area contributed by atoms with Gasteiger partial charge in [-0.3, -0.25) is 0 Å². The van der Waals surface area contributed by atoms with Gasteiger partial charge in [0.15, 0.2) is 0 Å².